The molecular weight excluding hydrogens is 454 g/mol. The van der Waals surface area contributed by atoms with E-state index in [-0.39, 0.29) is 16.8 Å². The lowest BCUT2D eigenvalue weighted by Crippen LogP contribution is -2.36. The van der Waals surface area contributed by atoms with Gasteiger partial charge in [-0.25, -0.2) is 8.42 Å². The standard InChI is InChI=1S/C25H29N3O3S2/c1-19-10-12-21(13-11-19)27(2)33(30,31)22-8-5-7-20(17-22)25(29)26-18-23(24-9-6-16-32-24)28-14-3-4-15-28/h5-13,16-17,23H,3-4,14-15,18H2,1-2H3,(H,26,29). The number of nitrogens with one attached hydrogen (secondary N) is 1. The van der Waals surface area contributed by atoms with Gasteiger partial charge in [-0.15, -0.1) is 11.3 Å². The summed E-state index contributed by atoms with van der Waals surface area (Å²) in [5, 5.41) is 5.08. The van der Waals surface area contributed by atoms with E-state index in [2.05, 4.69) is 21.7 Å². The van der Waals surface area contributed by atoms with Crippen molar-refractivity contribution < 1.29 is 13.2 Å². The summed E-state index contributed by atoms with van der Waals surface area (Å²) in [5.41, 5.74) is 1.96. The minimum Gasteiger partial charge on any atom is -0.350 e. The molecule has 0 radical (unpaired) electrons. The number of carbonyl (C=O) groups is 1. The number of carbonyl (C=O) groups excluding carboxylic acids is 1. The first-order valence-corrected chi connectivity index (χ1v) is 13.4. The summed E-state index contributed by atoms with van der Waals surface area (Å²) in [6.45, 7) is 4.49. The van der Waals surface area contributed by atoms with Crippen molar-refractivity contribution >= 4 is 33.0 Å². The number of hydrogen-bond donors (Lipinski definition) is 1. The van der Waals surface area contributed by atoms with Crippen LogP contribution in [0.5, 0.6) is 0 Å². The molecule has 0 spiro atoms. The van der Waals surface area contributed by atoms with E-state index >= 15 is 0 Å². The number of anilines is 1. The molecule has 6 nitrogen and oxygen atoms in total. The molecule has 1 saturated heterocycles. The largest absolute Gasteiger partial charge is 0.350 e. The Morgan fingerprint density at radius 1 is 1.09 bits per heavy atom. The number of sulfonamides is 1. The lowest BCUT2D eigenvalue weighted by Gasteiger charge is -2.27. The molecule has 0 aliphatic carbocycles. The van der Waals surface area contributed by atoms with Crippen molar-refractivity contribution in [2.24, 2.45) is 0 Å². The normalized spacial score (nSPS) is 15.3. The van der Waals surface area contributed by atoms with Crippen molar-refractivity contribution in [3.63, 3.8) is 0 Å². The van der Waals surface area contributed by atoms with Crippen molar-refractivity contribution in [3.8, 4) is 0 Å². The number of nitrogens with zero attached hydrogens (tertiary/aromatic N) is 2. The second-order valence-corrected chi connectivity index (χ2v) is 11.3. The highest BCUT2D eigenvalue weighted by Crippen LogP contribution is 2.28. The monoisotopic (exact) mass is 483 g/mol. The second kappa shape index (κ2) is 10.1. The molecule has 1 aliphatic heterocycles. The molecule has 1 unspecified atom stereocenters. The first-order chi connectivity index (χ1) is 15.9. The fraction of sp³-hybridized carbons (Fsp3) is 0.320. The van der Waals surface area contributed by atoms with Gasteiger partial charge in [0.2, 0.25) is 0 Å². The van der Waals surface area contributed by atoms with Gasteiger partial charge in [-0.05, 0) is 74.6 Å². The molecule has 1 fully saturated rings. The van der Waals surface area contributed by atoms with Crippen LogP contribution in [0.1, 0.15) is 39.7 Å². The molecule has 0 bridgehead atoms. The molecule has 2 aromatic carbocycles. The van der Waals surface area contributed by atoms with E-state index in [0.717, 1.165) is 18.7 Å². The quantitative estimate of drug-likeness (QED) is 0.514. The molecule has 1 aromatic heterocycles. The summed E-state index contributed by atoms with van der Waals surface area (Å²) in [6.07, 6.45) is 2.34. The van der Waals surface area contributed by atoms with Crippen LogP contribution in [0.3, 0.4) is 0 Å². The lowest BCUT2D eigenvalue weighted by atomic mass is 10.2. The third-order valence-electron chi connectivity index (χ3n) is 6.06. The van der Waals surface area contributed by atoms with Crippen molar-refractivity contribution in [1.82, 2.24) is 10.2 Å². The Bertz CT molecular complexity index is 1190. The fourth-order valence-electron chi connectivity index (χ4n) is 4.08. The number of likely N-dealkylation sites (tertiary alicyclic amines) is 1. The number of benzene rings is 2. The molecule has 174 valence electrons. The maximum Gasteiger partial charge on any atom is 0.264 e. The van der Waals surface area contributed by atoms with E-state index in [1.165, 1.54) is 41.2 Å². The van der Waals surface area contributed by atoms with E-state index in [9.17, 15) is 13.2 Å². The van der Waals surface area contributed by atoms with Crippen molar-refractivity contribution in [3.05, 3.63) is 82.0 Å². The van der Waals surface area contributed by atoms with E-state index in [1.54, 1.807) is 35.6 Å². The van der Waals surface area contributed by atoms with Gasteiger partial charge in [-0.3, -0.25) is 14.0 Å². The predicted molar refractivity (Wildman–Crippen MR) is 133 cm³/mol. The minimum absolute atomic E-state index is 0.0903. The van der Waals surface area contributed by atoms with Crippen molar-refractivity contribution in [1.29, 1.82) is 0 Å². The first kappa shape index (κ1) is 23.5. The number of hydrogen-bond acceptors (Lipinski definition) is 5. The predicted octanol–water partition coefficient (Wildman–Crippen LogP) is 4.45. The van der Waals surface area contributed by atoms with Crippen LogP contribution < -0.4 is 9.62 Å². The Balaban J connectivity index is 1.49. The zero-order chi connectivity index (χ0) is 23.4. The Morgan fingerprint density at radius 2 is 1.82 bits per heavy atom. The third kappa shape index (κ3) is 5.29. The van der Waals surface area contributed by atoms with Gasteiger partial charge in [0.15, 0.2) is 0 Å². The maximum absolute atomic E-state index is 13.2. The number of amides is 1. The highest BCUT2D eigenvalue weighted by atomic mass is 32.2. The summed E-state index contributed by atoms with van der Waals surface area (Å²) in [5.74, 6) is -0.272. The van der Waals surface area contributed by atoms with Gasteiger partial charge in [-0.2, -0.15) is 0 Å². The summed E-state index contributed by atoms with van der Waals surface area (Å²) in [4.78, 5) is 16.7. The number of rotatable bonds is 8. The lowest BCUT2D eigenvalue weighted by molar-refractivity contribution is 0.0938. The van der Waals surface area contributed by atoms with Crippen LogP contribution in [0.4, 0.5) is 5.69 Å². The van der Waals surface area contributed by atoms with Crippen LogP contribution >= 0.6 is 11.3 Å². The maximum atomic E-state index is 13.2. The van der Waals surface area contributed by atoms with Gasteiger partial charge in [0.1, 0.15) is 0 Å². The van der Waals surface area contributed by atoms with Crippen molar-refractivity contribution in [2.75, 3.05) is 31.0 Å². The van der Waals surface area contributed by atoms with Crippen LogP contribution in [0, 0.1) is 6.92 Å². The molecule has 8 heteroatoms. The van der Waals surface area contributed by atoms with E-state index in [0.29, 0.717) is 17.8 Å². The zero-order valence-electron chi connectivity index (χ0n) is 18.9. The van der Waals surface area contributed by atoms with E-state index in [4.69, 9.17) is 0 Å². The van der Waals surface area contributed by atoms with Crippen LogP contribution in [0.25, 0.3) is 0 Å². The first-order valence-electron chi connectivity index (χ1n) is 11.1. The van der Waals surface area contributed by atoms with Gasteiger partial charge < -0.3 is 5.32 Å². The van der Waals surface area contributed by atoms with Gasteiger partial charge in [0.25, 0.3) is 15.9 Å². The van der Waals surface area contributed by atoms with Gasteiger partial charge in [-0.1, -0.05) is 29.8 Å². The SMILES string of the molecule is Cc1ccc(N(C)S(=O)(=O)c2cccc(C(=O)NCC(c3cccs3)N3CCCC3)c2)cc1. The van der Waals surface area contributed by atoms with E-state index < -0.39 is 10.0 Å². The molecule has 4 rings (SSSR count). The second-order valence-electron chi connectivity index (χ2n) is 8.32. The Hall–Kier alpha value is -2.68. The topological polar surface area (TPSA) is 69.7 Å². The highest BCUT2D eigenvalue weighted by molar-refractivity contribution is 7.92. The van der Waals surface area contributed by atoms with Gasteiger partial charge >= 0.3 is 0 Å². The molecule has 1 N–H and O–H groups in total. The Morgan fingerprint density at radius 3 is 2.48 bits per heavy atom. The molecular formula is C25H29N3O3S2. The molecule has 1 aliphatic rings. The van der Waals surface area contributed by atoms with Gasteiger partial charge in [0.05, 0.1) is 16.6 Å². The average Bonchev–Trinajstić information content (AvgIpc) is 3.54. The summed E-state index contributed by atoms with van der Waals surface area (Å²) >= 11 is 1.70. The Kier molecular flexibility index (Phi) is 7.17. The fourth-order valence-corrected chi connectivity index (χ4v) is 6.19. The molecule has 2 heterocycles. The van der Waals surface area contributed by atoms with Crippen LogP contribution in [-0.2, 0) is 10.0 Å². The molecule has 3 aromatic rings. The summed E-state index contributed by atoms with van der Waals surface area (Å²) in [7, 11) is -2.27. The van der Waals surface area contributed by atoms with Crippen LogP contribution in [0.2, 0.25) is 0 Å². The summed E-state index contributed by atoms with van der Waals surface area (Å²) < 4.78 is 27.6. The minimum atomic E-state index is -3.79. The zero-order valence-corrected chi connectivity index (χ0v) is 20.5. The highest BCUT2D eigenvalue weighted by Gasteiger charge is 2.26. The molecule has 1 atom stereocenters. The van der Waals surface area contributed by atoms with Crippen molar-refractivity contribution in [2.45, 2.75) is 30.7 Å². The molecule has 1 amide bonds. The van der Waals surface area contributed by atoms with Crippen LogP contribution in [-0.4, -0.2) is 45.9 Å². The van der Waals surface area contributed by atoms with Gasteiger partial charge in [0, 0.05) is 24.0 Å². The van der Waals surface area contributed by atoms with E-state index in [1.807, 2.05) is 25.1 Å². The smallest absolute Gasteiger partial charge is 0.264 e. The summed E-state index contributed by atoms with van der Waals surface area (Å²) in [6, 6.07) is 17.8. The Labute approximate surface area is 199 Å². The third-order valence-corrected chi connectivity index (χ3v) is 8.82. The average molecular weight is 484 g/mol. The number of aryl methyl sites for hydroxylation is 1. The molecule has 33 heavy (non-hydrogen) atoms. The molecule has 0 saturated carbocycles. The van der Waals surface area contributed by atoms with Crippen LogP contribution in [0.15, 0.2) is 70.9 Å². The number of thiophene rings is 1.